The smallest absolute Gasteiger partial charge is 0.148 e. The molecule has 0 radical (unpaired) electrons. The second-order valence-electron chi connectivity index (χ2n) is 18.9. The van der Waals surface area contributed by atoms with Gasteiger partial charge in [-0.3, -0.25) is 9.55 Å². The van der Waals surface area contributed by atoms with Crippen LogP contribution in [-0.4, -0.2) is 19.6 Å². The Bertz CT molecular complexity index is 3330. The minimum Gasteiger partial charge on any atom is -0.507 e. The maximum atomic E-state index is 11.9. The second-order valence-corrected chi connectivity index (χ2v) is 18.9. The van der Waals surface area contributed by atoms with Crippen molar-refractivity contribution >= 4 is 11.0 Å². The van der Waals surface area contributed by atoms with Gasteiger partial charge in [0.1, 0.15) is 11.6 Å². The summed E-state index contributed by atoms with van der Waals surface area (Å²) >= 11 is 0. The third-order valence-corrected chi connectivity index (χ3v) is 11.2. The van der Waals surface area contributed by atoms with E-state index in [0.29, 0.717) is 39.2 Å². The summed E-state index contributed by atoms with van der Waals surface area (Å²) in [6.45, 7) is 23.2. The first kappa shape index (κ1) is 34.1. The van der Waals surface area contributed by atoms with Crippen molar-refractivity contribution in [1.82, 2.24) is 14.5 Å². The van der Waals surface area contributed by atoms with E-state index in [-0.39, 0.29) is 60.5 Å². The van der Waals surface area contributed by atoms with Gasteiger partial charge in [-0.05, 0) is 93.3 Å². The van der Waals surface area contributed by atoms with Gasteiger partial charge in [-0.15, -0.1) is 29.3 Å². The summed E-state index contributed by atoms with van der Waals surface area (Å²) < 4.78 is 71.6. The predicted octanol–water partition coefficient (Wildman–Crippen LogP) is 14.8. The Kier molecular flexibility index (Phi) is 9.14. The van der Waals surface area contributed by atoms with E-state index in [1.807, 2.05) is 56.3 Å². The molecule has 0 fully saturated rings. The number of aromatic nitrogens is 3. The number of hydrogen-bond acceptors (Lipinski definition) is 3. The standard InChI is InChI=1S/C56H56N3O.Pt/c1-35-28-36(2)52(60)47(29-35)53-58-51-46(40-30-41(32-44(31-40)56(9,10)11)48-33-39(26-27-57-48)37-16-13-12-14-17-37)18-15-19-49(51)59(53)50-34-43(55(6,7)8)24-25-45(50)38-20-22-42(23-21-38)54(3,4)5;/h12-29,31-34,60H,1-11H3;/q-1;/i12D,13D,14D,16D,17D,26D,27D,33D;. The summed E-state index contributed by atoms with van der Waals surface area (Å²) in [5.74, 6) is 0.652. The molecule has 1 N–H and O–H groups in total. The van der Waals surface area contributed by atoms with Crippen LogP contribution >= 0.6 is 0 Å². The Hall–Kier alpha value is -5.57. The summed E-state index contributed by atoms with van der Waals surface area (Å²) in [5.41, 5.74) is 9.93. The number of pyridine rings is 1. The van der Waals surface area contributed by atoms with Crippen LogP contribution in [0.15, 0.2) is 133 Å². The van der Waals surface area contributed by atoms with Crippen molar-refractivity contribution in [3.63, 3.8) is 0 Å². The fourth-order valence-electron chi connectivity index (χ4n) is 7.67. The molecule has 0 amide bonds. The number of aromatic hydroxyl groups is 1. The summed E-state index contributed by atoms with van der Waals surface area (Å²) in [6, 6.07) is 28.6. The molecule has 6 aromatic carbocycles. The van der Waals surface area contributed by atoms with E-state index in [0.717, 1.165) is 39.0 Å². The molecule has 2 aromatic heterocycles. The van der Waals surface area contributed by atoms with E-state index >= 15 is 0 Å². The van der Waals surface area contributed by atoms with Crippen molar-refractivity contribution < 1.29 is 37.1 Å². The van der Waals surface area contributed by atoms with E-state index in [1.54, 1.807) is 0 Å². The number of fused-ring (bicyclic) bond motifs is 1. The topological polar surface area (TPSA) is 50.9 Å². The van der Waals surface area contributed by atoms with Crippen LogP contribution in [0.25, 0.3) is 72.7 Å². The number of hydrogen-bond donors (Lipinski definition) is 1. The van der Waals surface area contributed by atoms with Gasteiger partial charge in [-0.25, -0.2) is 4.98 Å². The quantitative estimate of drug-likeness (QED) is 0.169. The van der Waals surface area contributed by atoms with Crippen LogP contribution in [-0.2, 0) is 37.3 Å². The molecule has 61 heavy (non-hydrogen) atoms. The zero-order valence-corrected chi connectivity index (χ0v) is 39.0. The third-order valence-electron chi connectivity index (χ3n) is 11.2. The van der Waals surface area contributed by atoms with E-state index < -0.39 is 47.8 Å². The first-order chi connectivity index (χ1) is 31.7. The molecule has 8 rings (SSSR count). The molecule has 0 atom stereocenters. The molecule has 0 aliphatic rings. The fraction of sp³-hybridized carbons (Fsp3) is 0.250. The number of para-hydroxylation sites is 1. The van der Waals surface area contributed by atoms with Gasteiger partial charge in [0.15, 0.2) is 0 Å². The van der Waals surface area contributed by atoms with E-state index in [4.69, 9.17) is 14.6 Å². The molecule has 0 saturated heterocycles. The average Bonchev–Trinajstić information content (AvgIpc) is 3.67. The Morgan fingerprint density at radius 3 is 1.95 bits per heavy atom. The summed E-state index contributed by atoms with van der Waals surface area (Å²) in [6.07, 6.45) is -0.519. The normalized spacial score (nSPS) is 14.0. The Balaban J connectivity index is 0.00000703. The third kappa shape index (κ3) is 8.66. The molecule has 312 valence electrons. The van der Waals surface area contributed by atoms with Crippen LogP contribution in [0.4, 0.5) is 0 Å². The fourth-order valence-corrected chi connectivity index (χ4v) is 7.67. The van der Waals surface area contributed by atoms with Gasteiger partial charge in [-0.1, -0.05) is 164 Å². The number of benzene rings is 6. The van der Waals surface area contributed by atoms with Gasteiger partial charge >= 0.3 is 0 Å². The van der Waals surface area contributed by atoms with Crippen molar-refractivity contribution in [2.45, 2.75) is 92.4 Å². The molecule has 8 aromatic rings. The average molecular weight is 990 g/mol. The van der Waals surface area contributed by atoms with Crippen LogP contribution in [0.5, 0.6) is 5.75 Å². The van der Waals surface area contributed by atoms with Crippen molar-refractivity contribution in [3.8, 4) is 67.5 Å². The van der Waals surface area contributed by atoms with Crippen LogP contribution in [0.2, 0.25) is 0 Å². The predicted molar refractivity (Wildman–Crippen MR) is 252 cm³/mol. The molecule has 2 heterocycles. The Labute approximate surface area is 388 Å². The second kappa shape index (κ2) is 16.4. The molecule has 5 heteroatoms. The molecular formula is C56H56N3OPt-. The monoisotopic (exact) mass is 989 g/mol. The molecule has 0 saturated carbocycles. The molecule has 0 aliphatic heterocycles. The minimum atomic E-state index is -0.606. The zero-order chi connectivity index (χ0) is 49.7. The molecule has 0 unspecified atom stereocenters. The maximum Gasteiger partial charge on any atom is 0.148 e. The van der Waals surface area contributed by atoms with Crippen molar-refractivity contribution in [3.05, 3.63) is 167 Å². The minimum absolute atomic E-state index is 0. The number of phenolic OH excluding ortho intramolecular Hbond substituents is 1. The van der Waals surface area contributed by atoms with E-state index in [9.17, 15) is 6.48 Å². The molecule has 4 nitrogen and oxygen atoms in total. The first-order valence-corrected chi connectivity index (χ1v) is 20.4. The van der Waals surface area contributed by atoms with Gasteiger partial charge in [0.25, 0.3) is 0 Å². The van der Waals surface area contributed by atoms with Crippen molar-refractivity contribution in [2.75, 3.05) is 0 Å². The summed E-state index contributed by atoms with van der Waals surface area (Å²) in [7, 11) is 0. The number of aryl methyl sites for hydroxylation is 2. The number of nitrogens with zero attached hydrogens (tertiary/aromatic N) is 3. The summed E-state index contributed by atoms with van der Waals surface area (Å²) in [5, 5.41) is 11.9. The van der Waals surface area contributed by atoms with Crippen molar-refractivity contribution in [1.29, 1.82) is 0 Å². The number of phenols is 1. The van der Waals surface area contributed by atoms with Gasteiger partial charge in [0, 0.05) is 38.5 Å². The zero-order valence-electron chi connectivity index (χ0n) is 44.7. The van der Waals surface area contributed by atoms with E-state index in [2.05, 4.69) is 120 Å². The van der Waals surface area contributed by atoms with Crippen molar-refractivity contribution in [2.24, 2.45) is 0 Å². The van der Waals surface area contributed by atoms with Gasteiger partial charge in [-0.2, -0.15) is 0 Å². The van der Waals surface area contributed by atoms with Crippen LogP contribution in [0, 0.1) is 19.9 Å². The first-order valence-electron chi connectivity index (χ1n) is 24.4. The number of imidazole rings is 1. The van der Waals surface area contributed by atoms with Gasteiger partial charge in [0.05, 0.1) is 33.3 Å². The SMILES string of the molecule is [2H]c1nc(-c2[c-]c(-c3cccc4c3nc(-c3cc(C)cc(C)c3O)n4-c3cc(C(C)(C)C)ccc3-c3ccc(C(C)(C)C)cc3)cc(C(C)(C)C)c2)c([2H])c(-c2c([2H])c([2H])c([2H])c([2H])c2[2H])c1[2H].[Pt]. The van der Waals surface area contributed by atoms with Gasteiger partial charge < -0.3 is 5.11 Å². The largest absolute Gasteiger partial charge is 0.507 e. The molecule has 0 aliphatic carbocycles. The number of rotatable bonds is 6. The Morgan fingerprint density at radius 1 is 0.623 bits per heavy atom. The molecular weight excluding hydrogens is 926 g/mol. The van der Waals surface area contributed by atoms with E-state index in [1.165, 1.54) is 5.56 Å². The van der Waals surface area contributed by atoms with Crippen LogP contribution in [0.3, 0.4) is 0 Å². The van der Waals surface area contributed by atoms with Crippen LogP contribution < -0.4 is 0 Å². The molecule has 0 bridgehead atoms. The maximum absolute atomic E-state index is 11.9. The summed E-state index contributed by atoms with van der Waals surface area (Å²) in [4.78, 5) is 9.91. The van der Waals surface area contributed by atoms with Crippen LogP contribution in [0.1, 0.15) is 101 Å². The Morgan fingerprint density at radius 2 is 1.28 bits per heavy atom. The van der Waals surface area contributed by atoms with Gasteiger partial charge in [0.2, 0.25) is 0 Å². The molecule has 0 spiro atoms.